The Balaban J connectivity index is 1.95. The maximum absolute atomic E-state index is 12.0. The van der Waals surface area contributed by atoms with Crippen LogP contribution < -0.4 is 11.1 Å². The summed E-state index contributed by atoms with van der Waals surface area (Å²) < 4.78 is 0. The summed E-state index contributed by atoms with van der Waals surface area (Å²) in [6.07, 6.45) is 1.56. The second-order valence-electron chi connectivity index (χ2n) is 4.25. The fraction of sp³-hybridized carbons (Fsp3) is 0.125. The molecule has 1 aromatic heterocycles. The lowest BCUT2D eigenvalue weighted by Gasteiger charge is -2.05. The smallest absolute Gasteiger partial charge is 0.270 e. The van der Waals surface area contributed by atoms with E-state index in [0.29, 0.717) is 23.8 Å². The van der Waals surface area contributed by atoms with Crippen LogP contribution in [0.4, 0.5) is 0 Å². The minimum Gasteiger partial charge on any atom is -0.347 e. The summed E-state index contributed by atoms with van der Waals surface area (Å²) in [5, 5.41) is 3.46. The van der Waals surface area contributed by atoms with Crippen LogP contribution in [0, 0.1) is 11.8 Å². The molecular formula is C16H14ClN3O. The summed E-state index contributed by atoms with van der Waals surface area (Å²) in [5.41, 5.74) is 7.34. The van der Waals surface area contributed by atoms with Gasteiger partial charge in [0.15, 0.2) is 0 Å². The molecule has 1 aromatic carbocycles. The number of aromatic nitrogens is 1. The van der Waals surface area contributed by atoms with E-state index in [1.807, 2.05) is 12.1 Å². The average Bonchev–Trinajstić information content (AvgIpc) is 2.52. The lowest BCUT2D eigenvalue weighted by molar-refractivity contribution is 0.0946. The molecule has 0 aliphatic heterocycles. The van der Waals surface area contributed by atoms with Crippen molar-refractivity contribution < 1.29 is 4.79 Å². The number of pyridine rings is 1. The zero-order valence-electron chi connectivity index (χ0n) is 11.3. The van der Waals surface area contributed by atoms with Crippen molar-refractivity contribution in [2.24, 2.45) is 5.73 Å². The molecule has 1 heterocycles. The van der Waals surface area contributed by atoms with E-state index in [1.54, 1.807) is 30.5 Å². The number of nitrogens with zero attached hydrogens (tertiary/aromatic N) is 1. The van der Waals surface area contributed by atoms with Crippen molar-refractivity contribution in [1.82, 2.24) is 10.3 Å². The Labute approximate surface area is 128 Å². The number of halogens is 1. The minimum atomic E-state index is -0.233. The van der Waals surface area contributed by atoms with E-state index < -0.39 is 0 Å². The molecule has 2 aromatic rings. The Morgan fingerprint density at radius 3 is 2.62 bits per heavy atom. The largest absolute Gasteiger partial charge is 0.347 e. The number of amides is 1. The predicted molar refractivity (Wildman–Crippen MR) is 82.8 cm³/mol. The van der Waals surface area contributed by atoms with Gasteiger partial charge in [-0.1, -0.05) is 35.6 Å². The van der Waals surface area contributed by atoms with Crippen LogP contribution in [0.25, 0.3) is 0 Å². The number of hydrogen-bond donors (Lipinski definition) is 2. The van der Waals surface area contributed by atoms with E-state index in [-0.39, 0.29) is 5.91 Å². The van der Waals surface area contributed by atoms with Crippen molar-refractivity contribution in [3.8, 4) is 11.8 Å². The highest BCUT2D eigenvalue weighted by molar-refractivity contribution is 6.30. The number of hydrogen-bond acceptors (Lipinski definition) is 3. The molecule has 0 unspecified atom stereocenters. The molecule has 4 nitrogen and oxygen atoms in total. The van der Waals surface area contributed by atoms with Gasteiger partial charge >= 0.3 is 0 Å². The number of nitrogens with two attached hydrogens (primary N) is 1. The van der Waals surface area contributed by atoms with Crippen LogP contribution in [0.1, 0.15) is 21.6 Å². The fourth-order valence-electron chi connectivity index (χ4n) is 1.63. The maximum atomic E-state index is 12.0. The SMILES string of the molecule is NCC#Cc1ccc(C(=O)NCc2ccc(Cl)cc2)nc1. The van der Waals surface area contributed by atoms with Crippen LogP contribution in [-0.2, 0) is 6.54 Å². The molecule has 3 N–H and O–H groups in total. The van der Waals surface area contributed by atoms with Crippen LogP contribution in [0.3, 0.4) is 0 Å². The Kier molecular flexibility index (Phi) is 5.33. The minimum absolute atomic E-state index is 0.233. The van der Waals surface area contributed by atoms with Crippen molar-refractivity contribution in [1.29, 1.82) is 0 Å². The Morgan fingerprint density at radius 1 is 1.24 bits per heavy atom. The predicted octanol–water partition coefficient (Wildman–Crippen LogP) is 1.98. The van der Waals surface area contributed by atoms with Gasteiger partial charge in [-0.2, -0.15) is 0 Å². The third-order valence-electron chi connectivity index (χ3n) is 2.70. The summed E-state index contributed by atoms with van der Waals surface area (Å²) in [6.45, 7) is 0.718. The van der Waals surface area contributed by atoms with Gasteiger partial charge < -0.3 is 11.1 Å². The number of rotatable bonds is 3. The maximum Gasteiger partial charge on any atom is 0.270 e. The highest BCUT2D eigenvalue weighted by Crippen LogP contribution is 2.09. The second kappa shape index (κ2) is 7.44. The topological polar surface area (TPSA) is 68.0 Å². The van der Waals surface area contributed by atoms with E-state index in [2.05, 4.69) is 22.1 Å². The molecule has 106 valence electrons. The van der Waals surface area contributed by atoms with Crippen molar-refractivity contribution in [2.45, 2.75) is 6.54 Å². The first-order valence-corrected chi connectivity index (χ1v) is 6.74. The quantitative estimate of drug-likeness (QED) is 0.852. The third-order valence-corrected chi connectivity index (χ3v) is 2.95. The van der Waals surface area contributed by atoms with Gasteiger partial charge in [-0.15, -0.1) is 0 Å². The van der Waals surface area contributed by atoms with Crippen LogP contribution in [0.2, 0.25) is 5.02 Å². The van der Waals surface area contributed by atoms with Gasteiger partial charge in [-0.25, -0.2) is 4.98 Å². The number of nitrogens with one attached hydrogen (secondary N) is 1. The molecule has 5 heteroatoms. The molecule has 0 radical (unpaired) electrons. The summed E-state index contributed by atoms with van der Waals surface area (Å²) in [5.74, 6) is 5.35. The Morgan fingerprint density at radius 2 is 2.00 bits per heavy atom. The van der Waals surface area contributed by atoms with Gasteiger partial charge in [-0.05, 0) is 29.8 Å². The molecule has 0 saturated carbocycles. The monoisotopic (exact) mass is 299 g/mol. The number of benzene rings is 1. The van der Waals surface area contributed by atoms with E-state index in [4.69, 9.17) is 17.3 Å². The molecule has 0 atom stereocenters. The van der Waals surface area contributed by atoms with E-state index >= 15 is 0 Å². The zero-order chi connectivity index (χ0) is 15.1. The summed E-state index contributed by atoms with van der Waals surface area (Å²) in [4.78, 5) is 16.0. The standard InChI is InChI=1S/C16H14ClN3O/c17-14-6-3-13(4-7-14)11-20-16(21)15-8-5-12(10-19-15)2-1-9-18/h3-8,10H,9,11,18H2,(H,20,21). The average molecular weight is 300 g/mol. The van der Waals surface area contributed by atoms with Crippen molar-refractivity contribution >= 4 is 17.5 Å². The molecular weight excluding hydrogens is 286 g/mol. The van der Waals surface area contributed by atoms with Crippen LogP contribution in [0.5, 0.6) is 0 Å². The number of carbonyl (C=O) groups excluding carboxylic acids is 1. The molecule has 21 heavy (non-hydrogen) atoms. The van der Waals surface area contributed by atoms with Gasteiger partial charge in [-0.3, -0.25) is 4.79 Å². The highest BCUT2D eigenvalue weighted by atomic mass is 35.5. The van der Waals surface area contributed by atoms with Gasteiger partial charge in [0, 0.05) is 23.3 Å². The first-order valence-electron chi connectivity index (χ1n) is 6.36. The van der Waals surface area contributed by atoms with Gasteiger partial charge in [0.05, 0.1) is 6.54 Å². The molecule has 1 amide bonds. The van der Waals surface area contributed by atoms with Crippen LogP contribution in [0.15, 0.2) is 42.6 Å². The van der Waals surface area contributed by atoms with Gasteiger partial charge in [0.1, 0.15) is 5.69 Å². The molecule has 0 spiro atoms. The highest BCUT2D eigenvalue weighted by Gasteiger charge is 2.06. The van der Waals surface area contributed by atoms with E-state index in [1.165, 1.54) is 0 Å². The molecule has 0 aliphatic rings. The molecule has 0 fully saturated rings. The first kappa shape index (κ1) is 15.0. The molecule has 0 saturated heterocycles. The van der Waals surface area contributed by atoms with Crippen molar-refractivity contribution in [2.75, 3.05) is 6.54 Å². The Bertz CT molecular complexity index is 669. The zero-order valence-corrected chi connectivity index (χ0v) is 12.0. The summed E-state index contributed by atoms with van der Waals surface area (Å²) >= 11 is 5.81. The summed E-state index contributed by atoms with van der Waals surface area (Å²) in [6, 6.07) is 10.7. The van der Waals surface area contributed by atoms with Gasteiger partial charge in [0.2, 0.25) is 0 Å². The first-order chi connectivity index (χ1) is 10.2. The second-order valence-corrected chi connectivity index (χ2v) is 4.68. The van der Waals surface area contributed by atoms with Gasteiger partial charge in [0.25, 0.3) is 5.91 Å². The molecule has 0 bridgehead atoms. The van der Waals surface area contributed by atoms with E-state index in [9.17, 15) is 4.79 Å². The van der Waals surface area contributed by atoms with Crippen molar-refractivity contribution in [3.05, 3.63) is 64.4 Å². The molecule has 2 rings (SSSR count). The third kappa shape index (κ3) is 4.60. The summed E-state index contributed by atoms with van der Waals surface area (Å²) in [7, 11) is 0. The van der Waals surface area contributed by atoms with Crippen LogP contribution >= 0.6 is 11.6 Å². The van der Waals surface area contributed by atoms with Crippen molar-refractivity contribution in [3.63, 3.8) is 0 Å². The lowest BCUT2D eigenvalue weighted by Crippen LogP contribution is -2.23. The lowest BCUT2D eigenvalue weighted by atomic mass is 10.2. The van der Waals surface area contributed by atoms with E-state index in [0.717, 1.165) is 11.1 Å². The van der Waals surface area contributed by atoms with Crippen LogP contribution in [-0.4, -0.2) is 17.4 Å². The Hall–Kier alpha value is -2.35. The fourth-order valence-corrected chi connectivity index (χ4v) is 1.76. The number of carbonyl (C=O) groups is 1. The molecule has 0 aliphatic carbocycles. The normalized spacial score (nSPS) is 9.62.